The van der Waals surface area contributed by atoms with E-state index in [1.807, 2.05) is 0 Å². The molecular weight excluding hydrogens is 256 g/mol. The Bertz CT molecular complexity index is 325. The number of likely N-dealkylation sites (N-methyl/N-ethyl adjacent to an activating group) is 1. The van der Waals surface area contributed by atoms with Gasteiger partial charge in [-0.15, -0.1) is 0 Å². The van der Waals surface area contributed by atoms with Crippen LogP contribution in [0.3, 0.4) is 0 Å². The summed E-state index contributed by atoms with van der Waals surface area (Å²) in [6.07, 6.45) is 3.75. The fraction of sp³-hybridized carbons (Fsp3) is 0.867. The van der Waals surface area contributed by atoms with E-state index in [1.54, 1.807) is 0 Å². The fourth-order valence-electron chi connectivity index (χ4n) is 2.63. The van der Waals surface area contributed by atoms with Crippen molar-refractivity contribution in [3.05, 3.63) is 0 Å². The summed E-state index contributed by atoms with van der Waals surface area (Å²) in [5.74, 6) is -0.888. The van der Waals surface area contributed by atoms with Crippen LogP contribution in [0.2, 0.25) is 0 Å². The summed E-state index contributed by atoms with van der Waals surface area (Å²) >= 11 is 0. The molecule has 1 aliphatic carbocycles. The lowest BCUT2D eigenvalue weighted by Crippen LogP contribution is -2.40. The minimum Gasteiger partial charge on any atom is -0.481 e. The summed E-state index contributed by atoms with van der Waals surface area (Å²) in [6.45, 7) is 5.85. The van der Waals surface area contributed by atoms with Crippen molar-refractivity contribution in [2.24, 2.45) is 11.8 Å². The lowest BCUT2D eigenvalue weighted by Gasteiger charge is -2.26. The van der Waals surface area contributed by atoms with Crippen molar-refractivity contribution in [1.29, 1.82) is 0 Å². The van der Waals surface area contributed by atoms with E-state index >= 15 is 0 Å². The molecule has 1 aliphatic rings. The van der Waals surface area contributed by atoms with E-state index in [1.165, 1.54) is 0 Å². The third-order valence-electron chi connectivity index (χ3n) is 4.55. The van der Waals surface area contributed by atoms with Crippen LogP contribution in [0.15, 0.2) is 0 Å². The highest BCUT2D eigenvalue weighted by molar-refractivity contribution is 5.79. The molecule has 0 aromatic carbocycles. The maximum absolute atomic E-state index is 12.0. The van der Waals surface area contributed by atoms with Crippen molar-refractivity contribution in [2.45, 2.75) is 52.0 Å². The third kappa shape index (κ3) is 5.12. The molecule has 0 heterocycles. The largest absolute Gasteiger partial charge is 0.481 e. The van der Waals surface area contributed by atoms with Gasteiger partial charge in [-0.2, -0.15) is 0 Å². The summed E-state index contributed by atoms with van der Waals surface area (Å²) in [7, 11) is 2.07. The van der Waals surface area contributed by atoms with Gasteiger partial charge in [0.2, 0.25) is 5.91 Å². The second kappa shape index (κ2) is 8.25. The first-order valence-corrected chi connectivity index (χ1v) is 7.66. The van der Waals surface area contributed by atoms with E-state index in [0.29, 0.717) is 38.3 Å². The number of amides is 1. The van der Waals surface area contributed by atoms with Crippen LogP contribution in [0.4, 0.5) is 0 Å². The standard InChI is InChI=1S/C15H28N2O3/c1-4-11(2)17(3)10-9-16-14(18)12-5-7-13(8-6-12)15(19)20/h11-13H,4-10H2,1-3H3,(H,16,18)(H,19,20). The highest BCUT2D eigenvalue weighted by Gasteiger charge is 2.29. The fourth-order valence-corrected chi connectivity index (χ4v) is 2.63. The van der Waals surface area contributed by atoms with Gasteiger partial charge in [0.1, 0.15) is 0 Å². The first kappa shape index (κ1) is 17.0. The normalized spacial score (nSPS) is 24.4. The van der Waals surface area contributed by atoms with E-state index in [-0.39, 0.29) is 17.7 Å². The lowest BCUT2D eigenvalue weighted by atomic mass is 9.81. The Morgan fingerprint density at radius 1 is 1.25 bits per heavy atom. The number of rotatable bonds is 7. The van der Waals surface area contributed by atoms with Crippen LogP contribution in [0.5, 0.6) is 0 Å². The van der Waals surface area contributed by atoms with Crippen molar-refractivity contribution in [1.82, 2.24) is 10.2 Å². The van der Waals surface area contributed by atoms with Gasteiger partial charge in [-0.3, -0.25) is 9.59 Å². The molecule has 1 unspecified atom stereocenters. The molecule has 0 aromatic heterocycles. The summed E-state index contributed by atoms with van der Waals surface area (Å²) in [4.78, 5) is 25.1. The highest BCUT2D eigenvalue weighted by atomic mass is 16.4. The van der Waals surface area contributed by atoms with E-state index in [2.05, 4.69) is 31.1 Å². The molecule has 20 heavy (non-hydrogen) atoms. The van der Waals surface area contributed by atoms with Gasteiger partial charge in [-0.1, -0.05) is 6.92 Å². The van der Waals surface area contributed by atoms with Gasteiger partial charge < -0.3 is 15.3 Å². The van der Waals surface area contributed by atoms with Crippen molar-refractivity contribution in [2.75, 3.05) is 20.1 Å². The lowest BCUT2D eigenvalue weighted by molar-refractivity contribution is -0.144. The molecular formula is C15H28N2O3. The number of carboxylic acid groups (broad SMARTS) is 1. The Morgan fingerprint density at radius 3 is 2.30 bits per heavy atom. The number of aliphatic carboxylic acids is 1. The van der Waals surface area contributed by atoms with E-state index < -0.39 is 5.97 Å². The highest BCUT2D eigenvalue weighted by Crippen LogP contribution is 2.28. The molecule has 0 bridgehead atoms. The Kier molecular flexibility index (Phi) is 6.99. The van der Waals surface area contributed by atoms with Gasteiger partial charge in [-0.25, -0.2) is 0 Å². The SMILES string of the molecule is CCC(C)N(C)CCNC(=O)C1CCC(C(=O)O)CC1. The molecule has 116 valence electrons. The molecule has 5 nitrogen and oxygen atoms in total. The van der Waals surface area contributed by atoms with Gasteiger partial charge in [-0.05, 0) is 46.1 Å². The van der Waals surface area contributed by atoms with Crippen LogP contribution in [0.1, 0.15) is 46.0 Å². The maximum Gasteiger partial charge on any atom is 0.306 e. The van der Waals surface area contributed by atoms with Crippen LogP contribution < -0.4 is 5.32 Å². The minimum atomic E-state index is -0.723. The molecule has 0 saturated heterocycles. The van der Waals surface area contributed by atoms with Gasteiger partial charge in [0.05, 0.1) is 5.92 Å². The summed E-state index contributed by atoms with van der Waals surface area (Å²) < 4.78 is 0. The Labute approximate surface area is 121 Å². The van der Waals surface area contributed by atoms with E-state index in [9.17, 15) is 9.59 Å². The first-order valence-electron chi connectivity index (χ1n) is 7.66. The molecule has 0 aromatic rings. The second-order valence-corrected chi connectivity index (χ2v) is 5.92. The number of nitrogens with zero attached hydrogens (tertiary/aromatic N) is 1. The zero-order chi connectivity index (χ0) is 15.1. The number of hydrogen-bond acceptors (Lipinski definition) is 3. The zero-order valence-electron chi connectivity index (χ0n) is 12.9. The summed E-state index contributed by atoms with van der Waals surface area (Å²) in [5, 5.41) is 11.9. The predicted molar refractivity (Wildman–Crippen MR) is 78.5 cm³/mol. The number of carbonyl (C=O) groups is 2. The van der Waals surface area contributed by atoms with Gasteiger partial charge in [0.15, 0.2) is 0 Å². The molecule has 1 atom stereocenters. The van der Waals surface area contributed by atoms with Gasteiger partial charge >= 0.3 is 5.97 Å². The topological polar surface area (TPSA) is 69.6 Å². The average molecular weight is 284 g/mol. The van der Waals surface area contributed by atoms with E-state index in [0.717, 1.165) is 13.0 Å². The monoisotopic (exact) mass is 284 g/mol. The third-order valence-corrected chi connectivity index (χ3v) is 4.55. The number of hydrogen-bond donors (Lipinski definition) is 2. The zero-order valence-corrected chi connectivity index (χ0v) is 12.9. The van der Waals surface area contributed by atoms with Crippen molar-refractivity contribution in [3.8, 4) is 0 Å². The average Bonchev–Trinajstić information content (AvgIpc) is 2.46. The quantitative estimate of drug-likeness (QED) is 0.747. The van der Waals surface area contributed by atoms with Crippen LogP contribution in [0, 0.1) is 11.8 Å². The first-order chi connectivity index (χ1) is 9.45. The molecule has 0 radical (unpaired) electrons. The molecule has 5 heteroatoms. The molecule has 1 saturated carbocycles. The molecule has 0 aliphatic heterocycles. The number of carbonyl (C=O) groups excluding carboxylic acids is 1. The summed E-state index contributed by atoms with van der Waals surface area (Å²) in [6, 6.07) is 0.526. The second-order valence-electron chi connectivity index (χ2n) is 5.92. The molecule has 1 fully saturated rings. The number of nitrogens with one attached hydrogen (secondary N) is 1. The van der Waals surface area contributed by atoms with Crippen LogP contribution >= 0.6 is 0 Å². The predicted octanol–water partition coefficient (Wildman–Crippen LogP) is 1.72. The van der Waals surface area contributed by atoms with Crippen LogP contribution in [0.25, 0.3) is 0 Å². The van der Waals surface area contributed by atoms with Crippen molar-refractivity contribution >= 4 is 11.9 Å². The molecule has 1 amide bonds. The summed E-state index contributed by atoms with van der Waals surface area (Å²) in [5.41, 5.74) is 0. The Morgan fingerprint density at radius 2 is 1.80 bits per heavy atom. The van der Waals surface area contributed by atoms with Crippen molar-refractivity contribution < 1.29 is 14.7 Å². The molecule has 2 N–H and O–H groups in total. The number of carboxylic acids is 1. The van der Waals surface area contributed by atoms with Crippen molar-refractivity contribution in [3.63, 3.8) is 0 Å². The van der Waals surface area contributed by atoms with Gasteiger partial charge in [0.25, 0.3) is 0 Å². The Hall–Kier alpha value is -1.10. The van der Waals surface area contributed by atoms with Crippen LogP contribution in [-0.4, -0.2) is 48.1 Å². The van der Waals surface area contributed by atoms with Gasteiger partial charge in [0, 0.05) is 25.0 Å². The smallest absolute Gasteiger partial charge is 0.306 e. The maximum atomic E-state index is 12.0. The van der Waals surface area contributed by atoms with E-state index in [4.69, 9.17) is 5.11 Å². The van der Waals surface area contributed by atoms with Crippen LogP contribution in [-0.2, 0) is 9.59 Å². The molecule has 0 spiro atoms. The molecule has 1 rings (SSSR count). The minimum absolute atomic E-state index is 0.000459. The Balaban J connectivity index is 2.22.